The highest BCUT2D eigenvalue weighted by atomic mass is 16.5. The van der Waals surface area contributed by atoms with Crippen molar-refractivity contribution in [2.24, 2.45) is 0 Å². The number of pyridine rings is 1. The monoisotopic (exact) mass is 442 g/mol. The van der Waals surface area contributed by atoms with Crippen molar-refractivity contribution in [3.05, 3.63) is 66.4 Å². The summed E-state index contributed by atoms with van der Waals surface area (Å²) in [5.41, 5.74) is 4.22. The van der Waals surface area contributed by atoms with E-state index in [-0.39, 0.29) is 0 Å². The van der Waals surface area contributed by atoms with Crippen LogP contribution in [0.3, 0.4) is 0 Å². The molecule has 5 rings (SSSR count). The third-order valence-corrected chi connectivity index (χ3v) is 5.40. The van der Waals surface area contributed by atoms with E-state index < -0.39 is 0 Å². The molecule has 0 saturated heterocycles. The lowest BCUT2D eigenvalue weighted by atomic mass is 10.1. The number of rotatable bonds is 6. The Bertz CT molecular complexity index is 1410. The molecular weight excluding hydrogens is 420 g/mol. The zero-order chi connectivity index (χ0) is 22.9. The molecule has 5 aromatic rings. The van der Waals surface area contributed by atoms with Gasteiger partial charge in [0.2, 0.25) is 11.6 Å². The highest BCUT2D eigenvalue weighted by Gasteiger charge is 2.22. The standard InChI is InChI=1S/C25H22N4O4/c1-15-8-10-16(11-9-15)24-27-28-25(33-24)21-18-7-5-6-12-29(18)23(26-21)17-13-19(30-2)22(32-4)20(14-17)31-3/h5-14H,1-4H3. The first-order valence-electron chi connectivity index (χ1n) is 10.3. The first kappa shape index (κ1) is 20.6. The average Bonchev–Trinajstić information content (AvgIpc) is 3.49. The molecule has 8 heteroatoms. The molecule has 33 heavy (non-hydrogen) atoms. The summed E-state index contributed by atoms with van der Waals surface area (Å²) in [6.07, 6.45) is 1.93. The van der Waals surface area contributed by atoms with E-state index in [1.807, 2.05) is 72.1 Å². The first-order valence-corrected chi connectivity index (χ1v) is 10.3. The van der Waals surface area contributed by atoms with E-state index in [4.69, 9.17) is 23.6 Å². The van der Waals surface area contributed by atoms with Crippen LogP contribution < -0.4 is 14.2 Å². The zero-order valence-corrected chi connectivity index (χ0v) is 18.7. The Morgan fingerprint density at radius 2 is 1.48 bits per heavy atom. The average molecular weight is 442 g/mol. The maximum atomic E-state index is 6.01. The fraction of sp³-hybridized carbons (Fsp3) is 0.160. The SMILES string of the molecule is COc1cc(-c2nc(-c3nnc(-c4ccc(C)cc4)o3)c3ccccn23)cc(OC)c1OC. The largest absolute Gasteiger partial charge is 0.493 e. The molecule has 0 amide bonds. The van der Waals surface area contributed by atoms with E-state index in [1.165, 1.54) is 0 Å². The number of aryl methyl sites for hydroxylation is 1. The predicted octanol–water partition coefficient (Wildman–Crippen LogP) is 5.05. The summed E-state index contributed by atoms with van der Waals surface area (Å²) in [5.74, 6) is 3.06. The number of methoxy groups -OCH3 is 3. The van der Waals surface area contributed by atoms with Gasteiger partial charge in [-0.1, -0.05) is 23.8 Å². The summed E-state index contributed by atoms with van der Waals surface area (Å²) in [6, 6.07) is 17.5. The predicted molar refractivity (Wildman–Crippen MR) is 124 cm³/mol. The molecule has 0 saturated carbocycles. The molecule has 0 spiro atoms. The second kappa shape index (κ2) is 8.31. The number of hydrogen-bond donors (Lipinski definition) is 0. The maximum absolute atomic E-state index is 6.01. The number of fused-ring (bicyclic) bond motifs is 1. The number of nitrogens with zero attached hydrogens (tertiary/aromatic N) is 4. The van der Waals surface area contributed by atoms with E-state index in [2.05, 4.69) is 10.2 Å². The van der Waals surface area contributed by atoms with Crippen molar-refractivity contribution in [1.82, 2.24) is 19.6 Å². The Kier molecular flexibility index (Phi) is 5.18. The minimum atomic E-state index is 0.341. The Morgan fingerprint density at radius 3 is 2.15 bits per heavy atom. The highest BCUT2D eigenvalue weighted by Crippen LogP contribution is 2.41. The molecule has 0 unspecified atom stereocenters. The fourth-order valence-corrected chi connectivity index (χ4v) is 3.74. The van der Waals surface area contributed by atoms with E-state index in [0.29, 0.717) is 40.5 Å². The maximum Gasteiger partial charge on any atom is 0.268 e. The summed E-state index contributed by atoms with van der Waals surface area (Å²) >= 11 is 0. The van der Waals surface area contributed by atoms with Gasteiger partial charge in [-0.3, -0.25) is 4.40 Å². The van der Waals surface area contributed by atoms with Crippen molar-refractivity contribution in [1.29, 1.82) is 0 Å². The van der Waals surface area contributed by atoms with E-state index >= 15 is 0 Å². The van der Waals surface area contributed by atoms with Gasteiger partial charge in [0.05, 0.1) is 26.8 Å². The number of hydrogen-bond acceptors (Lipinski definition) is 7. The van der Waals surface area contributed by atoms with Crippen molar-refractivity contribution in [2.45, 2.75) is 6.92 Å². The van der Waals surface area contributed by atoms with Crippen LogP contribution in [-0.2, 0) is 0 Å². The topological polar surface area (TPSA) is 83.9 Å². The van der Waals surface area contributed by atoms with Crippen LogP contribution in [0.25, 0.3) is 39.9 Å². The van der Waals surface area contributed by atoms with Gasteiger partial charge in [0.15, 0.2) is 17.2 Å². The molecular formula is C25H22N4O4. The van der Waals surface area contributed by atoms with Gasteiger partial charge in [-0.05, 0) is 43.3 Å². The van der Waals surface area contributed by atoms with Crippen LogP contribution in [0.2, 0.25) is 0 Å². The van der Waals surface area contributed by atoms with Gasteiger partial charge in [0, 0.05) is 17.3 Å². The van der Waals surface area contributed by atoms with Crippen LogP contribution in [0.1, 0.15) is 5.56 Å². The van der Waals surface area contributed by atoms with Crippen LogP contribution in [0.5, 0.6) is 17.2 Å². The summed E-state index contributed by atoms with van der Waals surface area (Å²) in [7, 11) is 4.74. The van der Waals surface area contributed by atoms with Crippen molar-refractivity contribution >= 4 is 5.52 Å². The molecule has 3 heterocycles. The third kappa shape index (κ3) is 3.55. The minimum Gasteiger partial charge on any atom is -0.493 e. The summed E-state index contributed by atoms with van der Waals surface area (Å²) < 4.78 is 24.5. The van der Waals surface area contributed by atoms with Crippen LogP contribution >= 0.6 is 0 Å². The molecule has 0 radical (unpaired) electrons. The highest BCUT2D eigenvalue weighted by molar-refractivity contribution is 5.79. The lowest BCUT2D eigenvalue weighted by Gasteiger charge is -2.13. The van der Waals surface area contributed by atoms with Crippen LogP contribution in [0, 0.1) is 6.92 Å². The van der Waals surface area contributed by atoms with Crippen molar-refractivity contribution in [2.75, 3.05) is 21.3 Å². The fourth-order valence-electron chi connectivity index (χ4n) is 3.74. The molecule has 8 nitrogen and oxygen atoms in total. The second-order valence-electron chi connectivity index (χ2n) is 7.43. The van der Waals surface area contributed by atoms with Crippen LogP contribution in [0.4, 0.5) is 0 Å². The normalized spacial score (nSPS) is 11.0. The number of benzene rings is 2. The van der Waals surface area contributed by atoms with E-state index in [9.17, 15) is 0 Å². The summed E-state index contributed by atoms with van der Waals surface area (Å²) in [4.78, 5) is 4.87. The molecule has 0 aliphatic rings. The molecule has 166 valence electrons. The van der Waals surface area contributed by atoms with Gasteiger partial charge in [0.25, 0.3) is 5.89 Å². The Hall–Kier alpha value is -4.33. The first-order chi connectivity index (χ1) is 16.1. The molecule has 0 atom stereocenters. The lowest BCUT2D eigenvalue weighted by Crippen LogP contribution is -1.97. The summed E-state index contributed by atoms with van der Waals surface area (Å²) in [6.45, 7) is 2.03. The van der Waals surface area contributed by atoms with Crippen molar-refractivity contribution in [3.63, 3.8) is 0 Å². The third-order valence-electron chi connectivity index (χ3n) is 5.40. The number of imidazole rings is 1. The molecule has 0 N–H and O–H groups in total. The van der Waals surface area contributed by atoms with Crippen molar-refractivity contribution < 1.29 is 18.6 Å². The smallest absolute Gasteiger partial charge is 0.268 e. The molecule has 3 aromatic heterocycles. The van der Waals surface area contributed by atoms with Crippen molar-refractivity contribution in [3.8, 4) is 51.7 Å². The Balaban J connectivity index is 1.66. The van der Waals surface area contributed by atoms with Gasteiger partial charge in [-0.2, -0.15) is 0 Å². The second-order valence-corrected chi connectivity index (χ2v) is 7.43. The van der Waals surface area contributed by atoms with Crippen LogP contribution in [0.15, 0.2) is 65.2 Å². The summed E-state index contributed by atoms with van der Waals surface area (Å²) in [5, 5.41) is 8.51. The van der Waals surface area contributed by atoms with Crippen LogP contribution in [-0.4, -0.2) is 40.9 Å². The van der Waals surface area contributed by atoms with E-state index in [0.717, 1.165) is 22.2 Å². The molecule has 0 aliphatic heterocycles. The number of ether oxygens (including phenoxy) is 3. The van der Waals surface area contributed by atoms with Gasteiger partial charge >= 0.3 is 0 Å². The Labute approximate surface area is 190 Å². The van der Waals surface area contributed by atoms with Gasteiger partial charge in [-0.25, -0.2) is 4.98 Å². The van der Waals surface area contributed by atoms with E-state index in [1.54, 1.807) is 21.3 Å². The number of aromatic nitrogens is 4. The molecule has 0 fully saturated rings. The molecule has 0 aliphatic carbocycles. The van der Waals surface area contributed by atoms with Gasteiger partial charge in [0.1, 0.15) is 5.82 Å². The minimum absolute atomic E-state index is 0.341. The Morgan fingerprint density at radius 1 is 0.788 bits per heavy atom. The molecule has 2 aromatic carbocycles. The van der Waals surface area contributed by atoms with Gasteiger partial charge < -0.3 is 18.6 Å². The molecule has 0 bridgehead atoms. The quantitative estimate of drug-likeness (QED) is 0.364. The zero-order valence-electron chi connectivity index (χ0n) is 18.7. The van der Waals surface area contributed by atoms with Gasteiger partial charge in [-0.15, -0.1) is 10.2 Å². The lowest BCUT2D eigenvalue weighted by molar-refractivity contribution is 0.324.